The third kappa shape index (κ3) is 3.21. The fourth-order valence-corrected chi connectivity index (χ4v) is 3.34. The van der Waals surface area contributed by atoms with Crippen LogP contribution in [0.25, 0.3) is 6.08 Å². The second-order valence-electron chi connectivity index (χ2n) is 6.11. The van der Waals surface area contributed by atoms with Gasteiger partial charge in [-0.15, -0.1) is 0 Å². The Morgan fingerprint density at radius 1 is 1.48 bits per heavy atom. The molecule has 4 heteroatoms. The fraction of sp³-hybridized carbons (Fsp3) is 0.588. The van der Waals surface area contributed by atoms with Gasteiger partial charge in [-0.3, -0.25) is 4.79 Å². The smallest absolute Gasteiger partial charge is 0.270 e. The monoisotopic (exact) mass is 287 g/mol. The summed E-state index contributed by atoms with van der Waals surface area (Å²) in [7, 11) is 0. The number of hydrogen-bond acceptors (Lipinski definition) is 2. The standard InChI is InChI=1S/C17H25N3O/c1-2-20(12-13-6-5-9-18-11-13)17(21)16-10-14-7-3-4-8-15(14)19-16/h3,7,10,13,18-19H,2,4-6,8-9,11-12H2,1H3. The zero-order valence-corrected chi connectivity index (χ0v) is 12.8. The Balaban J connectivity index is 1.69. The van der Waals surface area contributed by atoms with Crippen molar-refractivity contribution in [2.24, 2.45) is 5.92 Å². The summed E-state index contributed by atoms with van der Waals surface area (Å²) in [5.41, 5.74) is 3.13. The molecule has 21 heavy (non-hydrogen) atoms. The highest BCUT2D eigenvalue weighted by atomic mass is 16.2. The number of allylic oxidation sites excluding steroid dienone is 1. The number of aromatic amines is 1. The Morgan fingerprint density at radius 2 is 2.38 bits per heavy atom. The van der Waals surface area contributed by atoms with E-state index >= 15 is 0 Å². The van der Waals surface area contributed by atoms with Crippen molar-refractivity contribution in [1.29, 1.82) is 0 Å². The highest BCUT2D eigenvalue weighted by molar-refractivity contribution is 5.93. The van der Waals surface area contributed by atoms with E-state index in [0.29, 0.717) is 5.92 Å². The van der Waals surface area contributed by atoms with Crippen molar-refractivity contribution in [2.45, 2.75) is 32.6 Å². The molecule has 2 aliphatic rings. The van der Waals surface area contributed by atoms with Crippen molar-refractivity contribution in [3.8, 4) is 0 Å². The lowest BCUT2D eigenvalue weighted by Gasteiger charge is -2.29. The molecule has 1 fully saturated rings. The van der Waals surface area contributed by atoms with Crippen LogP contribution in [0.15, 0.2) is 12.1 Å². The summed E-state index contributed by atoms with van der Waals surface area (Å²) in [5, 5.41) is 3.43. The summed E-state index contributed by atoms with van der Waals surface area (Å²) in [6.45, 7) is 5.85. The molecular weight excluding hydrogens is 262 g/mol. The maximum Gasteiger partial charge on any atom is 0.270 e. The highest BCUT2D eigenvalue weighted by Gasteiger charge is 2.22. The zero-order chi connectivity index (χ0) is 14.7. The van der Waals surface area contributed by atoms with Gasteiger partial charge in [-0.05, 0) is 63.2 Å². The molecule has 0 bridgehead atoms. The normalized spacial score (nSPS) is 21.1. The molecule has 2 N–H and O–H groups in total. The molecule has 1 atom stereocenters. The zero-order valence-electron chi connectivity index (χ0n) is 12.8. The second kappa shape index (κ2) is 6.48. The van der Waals surface area contributed by atoms with Gasteiger partial charge in [-0.2, -0.15) is 0 Å². The van der Waals surface area contributed by atoms with E-state index in [1.165, 1.54) is 24.1 Å². The van der Waals surface area contributed by atoms with Crippen molar-refractivity contribution >= 4 is 12.0 Å². The molecule has 0 spiro atoms. The Hall–Kier alpha value is -1.55. The number of H-pyrrole nitrogens is 1. The molecule has 1 amide bonds. The minimum Gasteiger partial charge on any atom is -0.354 e. The Morgan fingerprint density at radius 3 is 3.10 bits per heavy atom. The van der Waals surface area contributed by atoms with Crippen molar-refractivity contribution in [3.05, 3.63) is 29.1 Å². The lowest BCUT2D eigenvalue weighted by Crippen LogP contribution is -2.41. The van der Waals surface area contributed by atoms with E-state index in [1.807, 2.05) is 11.0 Å². The largest absolute Gasteiger partial charge is 0.354 e. The Labute approximate surface area is 126 Å². The third-order valence-electron chi connectivity index (χ3n) is 4.57. The number of carbonyl (C=O) groups is 1. The van der Waals surface area contributed by atoms with Crippen molar-refractivity contribution < 1.29 is 4.79 Å². The van der Waals surface area contributed by atoms with Crippen LogP contribution < -0.4 is 5.32 Å². The topological polar surface area (TPSA) is 48.1 Å². The highest BCUT2D eigenvalue weighted by Crippen LogP contribution is 2.21. The first-order valence-electron chi connectivity index (χ1n) is 8.16. The van der Waals surface area contributed by atoms with Gasteiger partial charge >= 0.3 is 0 Å². The lowest BCUT2D eigenvalue weighted by molar-refractivity contribution is 0.0723. The van der Waals surface area contributed by atoms with Crippen LogP contribution in [0, 0.1) is 5.92 Å². The molecule has 1 aromatic heterocycles. The predicted octanol–water partition coefficient (Wildman–Crippen LogP) is 2.44. The molecule has 114 valence electrons. The third-order valence-corrected chi connectivity index (χ3v) is 4.57. The Bertz CT molecular complexity index is 526. The van der Waals surface area contributed by atoms with E-state index in [9.17, 15) is 4.79 Å². The molecule has 1 unspecified atom stereocenters. The van der Waals surface area contributed by atoms with Gasteiger partial charge in [0.2, 0.25) is 0 Å². The van der Waals surface area contributed by atoms with E-state index < -0.39 is 0 Å². The first-order valence-corrected chi connectivity index (χ1v) is 8.16. The van der Waals surface area contributed by atoms with Crippen LogP contribution in [-0.2, 0) is 6.42 Å². The molecule has 2 heterocycles. The van der Waals surface area contributed by atoms with E-state index in [1.54, 1.807) is 0 Å². The molecule has 0 saturated carbocycles. The first kappa shape index (κ1) is 14.4. The van der Waals surface area contributed by atoms with Crippen LogP contribution in [0.3, 0.4) is 0 Å². The SMILES string of the molecule is CCN(CC1CCCNC1)C(=O)c1cc2c([nH]1)CCC=C2. The number of carbonyl (C=O) groups excluding carboxylic acids is 1. The molecular formula is C17H25N3O. The number of aryl methyl sites for hydroxylation is 1. The van der Waals surface area contributed by atoms with E-state index in [-0.39, 0.29) is 5.91 Å². The maximum absolute atomic E-state index is 12.7. The maximum atomic E-state index is 12.7. The molecule has 1 saturated heterocycles. The number of hydrogen-bond donors (Lipinski definition) is 2. The van der Waals surface area contributed by atoms with E-state index in [4.69, 9.17) is 0 Å². The summed E-state index contributed by atoms with van der Waals surface area (Å²) >= 11 is 0. The van der Waals surface area contributed by atoms with E-state index in [2.05, 4.69) is 29.4 Å². The van der Waals surface area contributed by atoms with Crippen LogP contribution in [0.5, 0.6) is 0 Å². The van der Waals surface area contributed by atoms with Gasteiger partial charge in [-0.1, -0.05) is 12.2 Å². The molecule has 1 aliphatic heterocycles. The molecule has 1 aliphatic carbocycles. The second-order valence-corrected chi connectivity index (χ2v) is 6.11. The van der Waals surface area contributed by atoms with Crippen LogP contribution in [-0.4, -0.2) is 42.0 Å². The van der Waals surface area contributed by atoms with Crippen molar-refractivity contribution in [3.63, 3.8) is 0 Å². The minimum absolute atomic E-state index is 0.144. The number of aromatic nitrogens is 1. The number of nitrogens with zero attached hydrogens (tertiary/aromatic N) is 1. The van der Waals surface area contributed by atoms with Gasteiger partial charge in [0.25, 0.3) is 5.91 Å². The number of fused-ring (bicyclic) bond motifs is 1. The molecule has 0 aromatic carbocycles. The van der Waals surface area contributed by atoms with Crippen LogP contribution in [0.1, 0.15) is 47.9 Å². The number of amides is 1. The summed E-state index contributed by atoms with van der Waals surface area (Å²) in [6, 6.07) is 2.01. The van der Waals surface area contributed by atoms with Crippen molar-refractivity contribution in [2.75, 3.05) is 26.2 Å². The van der Waals surface area contributed by atoms with Crippen LogP contribution in [0.4, 0.5) is 0 Å². The fourth-order valence-electron chi connectivity index (χ4n) is 3.34. The quantitative estimate of drug-likeness (QED) is 0.893. The van der Waals surface area contributed by atoms with E-state index in [0.717, 1.165) is 44.7 Å². The number of piperidine rings is 1. The van der Waals surface area contributed by atoms with Gasteiger partial charge in [-0.25, -0.2) is 0 Å². The minimum atomic E-state index is 0.144. The molecule has 1 aromatic rings. The molecule has 4 nitrogen and oxygen atoms in total. The Kier molecular flexibility index (Phi) is 4.44. The number of rotatable bonds is 4. The van der Waals surface area contributed by atoms with Crippen LogP contribution >= 0.6 is 0 Å². The van der Waals surface area contributed by atoms with Gasteiger partial charge in [0, 0.05) is 18.8 Å². The summed E-state index contributed by atoms with van der Waals surface area (Å²) in [4.78, 5) is 18.0. The number of nitrogens with one attached hydrogen (secondary N) is 2. The van der Waals surface area contributed by atoms with Crippen LogP contribution in [0.2, 0.25) is 0 Å². The first-order chi connectivity index (χ1) is 10.3. The summed E-state index contributed by atoms with van der Waals surface area (Å²) in [6.07, 6.45) is 8.81. The average Bonchev–Trinajstić information content (AvgIpc) is 2.97. The summed E-state index contributed by atoms with van der Waals surface area (Å²) < 4.78 is 0. The molecule has 3 rings (SSSR count). The molecule has 0 radical (unpaired) electrons. The van der Waals surface area contributed by atoms with Gasteiger partial charge < -0.3 is 15.2 Å². The van der Waals surface area contributed by atoms with Gasteiger partial charge in [0.15, 0.2) is 0 Å². The van der Waals surface area contributed by atoms with Gasteiger partial charge in [0.05, 0.1) is 0 Å². The average molecular weight is 287 g/mol. The van der Waals surface area contributed by atoms with Gasteiger partial charge in [0.1, 0.15) is 5.69 Å². The van der Waals surface area contributed by atoms with Crippen molar-refractivity contribution in [1.82, 2.24) is 15.2 Å². The summed E-state index contributed by atoms with van der Waals surface area (Å²) in [5.74, 6) is 0.734. The predicted molar refractivity (Wildman–Crippen MR) is 85.3 cm³/mol. The lowest BCUT2D eigenvalue weighted by atomic mass is 9.99.